The zero-order valence-electron chi connectivity index (χ0n) is 13.5. The standard InChI is InChI=1S/C16H23FN2O3S/c1-18(23(2,21)22)12-16(20)19-10-4-3-5-15(19)11-13-6-8-14(17)9-7-13/h6-9,15H,3-5,10-12H2,1-2H3/t15-/m1/s1. The van der Waals surface area contributed by atoms with Crippen LogP contribution in [0.3, 0.4) is 0 Å². The van der Waals surface area contributed by atoms with Crippen molar-refractivity contribution < 1.29 is 17.6 Å². The van der Waals surface area contributed by atoms with Gasteiger partial charge in [0.05, 0.1) is 12.8 Å². The molecule has 1 fully saturated rings. The Labute approximate surface area is 137 Å². The Balaban J connectivity index is 2.05. The molecule has 1 heterocycles. The summed E-state index contributed by atoms with van der Waals surface area (Å²) in [6.07, 6.45) is 4.60. The summed E-state index contributed by atoms with van der Waals surface area (Å²) in [5, 5.41) is 0. The maximum Gasteiger partial charge on any atom is 0.238 e. The van der Waals surface area contributed by atoms with Crippen LogP contribution in [-0.4, -0.2) is 56.0 Å². The Morgan fingerprint density at radius 2 is 1.96 bits per heavy atom. The van der Waals surface area contributed by atoms with E-state index >= 15 is 0 Å². The molecule has 2 rings (SSSR count). The number of benzene rings is 1. The molecule has 0 aromatic heterocycles. The maximum atomic E-state index is 13.0. The minimum absolute atomic E-state index is 0.0367. The number of halogens is 1. The minimum Gasteiger partial charge on any atom is -0.338 e. The number of hydrogen-bond donors (Lipinski definition) is 0. The number of likely N-dealkylation sites (N-methyl/N-ethyl adjacent to an activating group) is 1. The lowest BCUT2D eigenvalue weighted by Gasteiger charge is -2.36. The largest absolute Gasteiger partial charge is 0.338 e. The first-order valence-corrected chi connectivity index (χ1v) is 9.57. The van der Waals surface area contributed by atoms with Crippen LogP contribution in [0.5, 0.6) is 0 Å². The average molecular weight is 342 g/mol. The third-order valence-electron chi connectivity index (χ3n) is 4.26. The fourth-order valence-corrected chi connectivity index (χ4v) is 3.18. The van der Waals surface area contributed by atoms with Crippen LogP contribution in [0.25, 0.3) is 0 Å². The SMILES string of the molecule is CN(CC(=O)N1CCCC[C@@H]1Cc1ccc(F)cc1)S(C)(=O)=O. The molecule has 0 aliphatic carbocycles. The molecule has 1 aliphatic heterocycles. The summed E-state index contributed by atoms with van der Waals surface area (Å²) in [6.45, 7) is 0.501. The van der Waals surface area contributed by atoms with Crippen LogP contribution in [0.1, 0.15) is 24.8 Å². The summed E-state index contributed by atoms with van der Waals surface area (Å²) >= 11 is 0. The van der Waals surface area contributed by atoms with Crippen LogP contribution in [0, 0.1) is 5.82 Å². The van der Waals surface area contributed by atoms with Crippen molar-refractivity contribution >= 4 is 15.9 Å². The van der Waals surface area contributed by atoms with E-state index in [1.807, 2.05) is 0 Å². The molecule has 0 bridgehead atoms. The molecule has 23 heavy (non-hydrogen) atoms. The summed E-state index contributed by atoms with van der Waals surface area (Å²) in [6, 6.07) is 6.34. The highest BCUT2D eigenvalue weighted by atomic mass is 32.2. The summed E-state index contributed by atoms with van der Waals surface area (Å²) in [7, 11) is -1.96. The number of carbonyl (C=O) groups excluding carboxylic acids is 1. The van der Waals surface area contributed by atoms with Gasteiger partial charge in [-0.15, -0.1) is 0 Å². The number of rotatable bonds is 5. The highest BCUT2D eigenvalue weighted by Crippen LogP contribution is 2.21. The number of carbonyl (C=O) groups is 1. The lowest BCUT2D eigenvalue weighted by atomic mass is 9.95. The van der Waals surface area contributed by atoms with Gasteiger partial charge in [0.1, 0.15) is 5.82 Å². The highest BCUT2D eigenvalue weighted by Gasteiger charge is 2.28. The van der Waals surface area contributed by atoms with E-state index < -0.39 is 10.0 Å². The van der Waals surface area contributed by atoms with E-state index in [4.69, 9.17) is 0 Å². The van der Waals surface area contributed by atoms with Crippen molar-refractivity contribution in [2.75, 3.05) is 26.4 Å². The van der Waals surface area contributed by atoms with Crippen molar-refractivity contribution in [3.8, 4) is 0 Å². The van der Waals surface area contributed by atoms with E-state index in [1.54, 1.807) is 17.0 Å². The number of hydrogen-bond acceptors (Lipinski definition) is 3. The quantitative estimate of drug-likeness (QED) is 0.817. The Morgan fingerprint density at radius 3 is 2.57 bits per heavy atom. The molecule has 7 heteroatoms. The Hall–Kier alpha value is -1.47. The summed E-state index contributed by atoms with van der Waals surface area (Å²) in [4.78, 5) is 14.2. The van der Waals surface area contributed by atoms with E-state index in [0.29, 0.717) is 13.0 Å². The first-order chi connectivity index (χ1) is 10.8. The molecule has 0 radical (unpaired) electrons. The third-order valence-corrected chi connectivity index (χ3v) is 5.52. The van der Waals surface area contributed by atoms with Crippen molar-refractivity contribution in [2.24, 2.45) is 0 Å². The molecule has 128 valence electrons. The molecule has 5 nitrogen and oxygen atoms in total. The van der Waals surface area contributed by atoms with Gasteiger partial charge in [-0.25, -0.2) is 12.8 Å². The monoisotopic (exact) mass is 342 g/mol. The van der Waals surface area contributed by atoms with Crippen LogP contribution >= 0.6 is 0 Å². The van der Waals surface area contributed by atoms with Crippen LogP contribution < -0.4 is 0 Å². The van der Waals surface area contributed by atoms with Gasteiger partial charge in [0.15, 0.2) is 0 Å². The van der Waals surface area contributed by atoms with Gasteiger partial charge in [-0.1, -0.05) is 12.1 Å². The van der Waals surface area contributed by atoms with Crippen molar-refractivity contribution in [2.45, 2.75) is 31.7 Å². The van der Waals surface area contributed by atoms with Gasteiger partial charge >= 0.3 is 0 Å². The molecule has 1 aromatic carbocycles. The molecule has 1 saturated heterocycles. The molecular weight excluding hydrogens is 319 g/mol. The predicted molar refractivity (Wildman–Crippen MR) is 86.9 cm³/mol. The number of piperidine rings is 1. The summed E-state index contributed by atoms with van der Waals surface area (Å²) < 4.78 is 37.0. The summed E-state index contributed by atoms with van der Waals surface area (Å²) in [5.41, 5.74) is 0.979. The lowest BCUT2D eigenvalue weighted by molar-refractivity contribution is -0.134. The van der Waals surface area contributed by atoms with Gasteiger partial charge < -0.3 is 4.90 Å². The summed E-state index contributed by atoms with van der Waals surface area (Å²) in [5.74, 6) is -0.454. The van der Waals surface area contributed by atoms with Crippen LogP contribution in [0.15, 0.2) is 24.3 Å². The minimum atomic E-state index is -3.37. The molecule has 1 aromatic rings. The van der Waals surface area contributed by atoms with Crippen LogP contribution in [0.2, 0.25) is 0 Å². The Morgan fingerprint density at radius 1 is 1.30 bits per heavy atom. The molecular formula is C16H23FN2O3S. The van der Waals surface area contributed by atoms with E-state index in [9.17, 15) is 17.6 Å². The lowest BCUT2D eigenvalue weighted by Crippen LogP contribution is -2.49. The van der Waals surface area contributed by atoms with Gasteiger partial charge in [-0.3, -0.25) is 4.79 Å². The number of amides is 1. The Kier molecular flexibility index (Phi) is 5.75. The molecule has 1 aliphatic rings. The van der Waals surface area contributed by atoms with E-state index in [-0.39, 0.29) is 24.3 Å². The van der Waals surface area contributed by atoms with Gasteiger partial charge in [-0.05, 0) is 43.4 Å². The zero-order chi connectivity index (χ0) is 17.0. The second kappa shape index (κ2) is 7.40. The third kappa shape index (κ3) is 5.00. The average Bonchev–Trinajstić information content (AvgIpc) is 2.49. The predicted octanol–water partition coefficient (Wildman–Crippen LogP) is 1.64. The smallest absolute Gasteiger partial charge is 0.238 e. The van der Waals surface area contributed by atoms with Crippen molar-refractivity contribution in [3.63, 3.8) is 0 Å². The van der Waals surface area contributed by atoms with E-state index in [2.05, 4.69) is 0 Å². The fourth-order valence-electron chi connectivity index (χ4n) is 2.83. The molecule has 1 amide bonds. The number of sulfonamides is 1. The van der Waals surface area contributed by atoms with Gasteiger partial charge in [0, 0.05) is 19.6 Å². The van der Waals surface area contributed by atoms with Crippen molar-refractivity contribution in [3.05, 3.63) is 35.6 Å². The van der Waals surface area contributed by atoms with E-state index in [1.165, 1.54) is 19.2 Å². The second-order valence-electron chi connectivity index (χ2n) is 6.09. The number of nitrogens with zero attached hydrogens (tertiary/aromatic N) is 2. The van der Waals surface area contributed by atoms with Crippen molar-refractivity contribution in [1.82, 2.24) is 9.21 Å². The molecule has 0 N–H and O–H groups in total. The normalized spacial score (nSPS) is 19.1. The van der Waals surface area contributed by atoms with Gasteiger partial charge in [0.25, 0.3) is 0 Å². The zero-order valence-corrected chi connectivity index (χ0v) is 14.4. The van der Waals surface area contributed by atoms with Crippen LogP contribution in [0.4, 0.5) is 4.39 Å². The van der Waals surface area contributed by atoms with Gasteiger partial charge in [-0.2, -0.15) is 4.31 Å². The molecule has 0 unspecified atom stereocenters. The molecule has 0 saturated carbocycles. The first-order valence-electron chi connectivity index (χ1n) is 7.72. The molecule has 1 atom stereocenters. The van der Waals surface area contributed by atoms with Crippen LogP contribution in [-0.2, 0) is 21.2 Å². The topological polar surface area (TPSA) is 57.7 Å². The second-order valence-corrected chi connectivity index (χ2v) is 8.18. The Bertz CT molecular complexity index is 646. The number of likely N-dealkylation sites (tertiary alicyclic amines) is 1. The fraction of sp³-hybridized carbons (Fsp3) is 0.562. The maximum absolute atomic E-state index is 13.0. The van der Waals surface area contributed by atoms with Gasteiger partial charge in [0.2, 0.25) is 15.9 Å². The molecule has 0 spiro atoms. The first kappa shape index (κ1) is 17.9. The van der Waals surface area contributed by atoms with Crippen molar-refractivity contribution in [1.29, 1.82) is 0 Å². The van der Waals surface area contributed by atoms with E-state index in [0.717, 1.165) is 35.4 Å². The highest BCUT2D eigenvalue weighted by molar-refractivity contribution is 7.88.